The van der Waals surface area contributed by atoms with E-state index in [-0.39, 0.29) is 0 Å². The third-order valence-corrected chi connectivity index (χ3v) is 3.05. The van der Waals surface area contributed by atoms with Gasteiger partial charge in [-0.25, -0.2) is 0 Å². The van der Waals surface area contributed by atoms with Gasteiger partial charge in [-0.15, -0.1) is 11.6 Å². The van der Waals surface area contributed by atoms with Crippen LogP contribution < -0.4 is 10.5 Å². The summed E-state index contributed by atoms with van der Waals surface area (Å²) in [6.07, 6.45) is 5.87. The number of allylic oxidation sites excluding steroid dienone is 1. The first kappa shape index (κ1) is 12.6. The highest BCUT2D eigenvalue weighted by Gasteiger charge is 2.26. The minimum atomic E-state index is -0.481. The average Bonchev–Trinajstić information content (AvgIpc) is 2.23. The molecular formula is C11H9Cl3N2O. The summed E-state index contributed by atoms with van der Waals surface area (Å²) >= 11 is 17.9. The lowest BCUT2D eigenvalue weighted by Gasteiger charge is -2.24. The maximum Gasteiger partial charge on any atom is 0.154 e. The smallest absolute Gasteiger partial charge is 0.154 e. The summed E-state index contributed by atoms with van der Waals surface area (Å²) in [4.78, 5) is 3.91. The van der Waals surface area contributed by atoms with Gasteiger partial charge in [0.25, 0.3) is 0 Å². The molecule has 3 nitrogen and oxygen atoms in total. The lowest BCUT2D eigenvalue weighted by Crippen LogP contribution is -2.30. The lowest BCUT2D eigenvalue weighted by molar-refractivity contribution is 0.248. The molecule has 2 N–H and O–H groups in total. The van der Waals surface area contributed by atoms with Crippen molar-refractivity contribution in [3.8, 4) is 5.75 Å². The molecule has 6 heteroatoms. The lowest BCUT2D eigenvalue weighted by atomic mass is 10.1. The summed E-state index contributed by atoms with van der Waals surface area (Å²) in [6, 6.07) is 1.64. The van der Waals surface area contributed by atoms with Crippen molar-refractivity contribution >= 4 is 34.8 Å². The fraction of sp³-hybridized carbons (Fsp3) is 0.182. The van der Waals surface area contributed by atoms with Crippen molar-refractivity contribution in [1.29, 1.82) is 0 Å². The van der Waals surface area contributed by atoms with Crippen LogP contribution in [-0.2, 0) is 0 Å². The molecule has 0 aliphatic heterocycles. The van der Waals surface area contributed by atoms with Gasteiger partial charge in [0.05, 0.1) is 21.6 Å². The van der Waals surface area contributed by atoms with E-state index >= 15 is 0 Å². The largest absolute Gasteiger partial charge is 0.481 e. The summed E-state index contributed by atoms with van der Waals surface area (Å²) in [6.45, 7) is 0. The maximum absolute atomic E-state index is 6.10. The van der Waals surface area contributed by atoms with Gasteiger partial charge in [0, 0.05) is 18.0 Å². The van der Waals surface area contributed by atoms with Crippen LogP contribution in [-0.4, -0.2) is 16.5 Å². The molecule has 2 atom stereocenters. The van der Waals surface area contributed by atoms with Gasteiger partial charge in [0.1, 0.15) is 5.75 Å². The summed E-state index contributed by atoms with van der Waals surface area (Å²) in [7, 11) is 0. The fourth-order valence-electron chi connectivity index (χ4n) is 1.44. The average molecular weight is 292 g/mol. The van der Waals surface area contributed by atoms with Crippen LogP contribution in [0.3, 0.4) is 0 Å². The molecule has 0 radical (unpaired) electrons. The Kier molecular flexibility index (Phi) is 3.82. The van der Waals surface area contributed by atoms with Crippen LogP contribution in [0.1, 0.15) is 0 Å². The summed E-state index contributed by atoms with van der Waals surface area (Å²) in [5.74, 6) is 0.508. The Bertz CT molecular complexity index is 487. The molecule has 0 saturated carbocycles. The van der Waals surface area contributed by atoms with Crippen LogP contribution in [0.5, 0.6) is 5.75 Å². The van der Waals surface area contributed by atoms with Crippen LogP contribution in [0.15, 0.2) is 41.3 Å². The van der Waals surface area contributed by atoms with Gasteiger partial charge >= 0.3 is 0 Å². The number of pyridine rings is 1. The molecule has 0 bridgehead atoms. The molecule has 2 unspecified atom stereocenters. The van der Waals surface area contributed by atoms with Crippen molar-refractivity contribution in [2.75, 3.05) is 0 Å². The van der Waals surface area contributed by atoms with E-state index in [2.05, 4.69) is 4.98 Å². The molecule has 1 aliphatic rings. The van der Waals surface area contributed by atoms with Gasteiger partial charge < -0.3 is 10.5 Å². The Balaban J connectivity index is 2.17. The SMILES string of the molecule is NC1=CC(Cl)C(Oc2cncc(Cl)c2)C(Cl)=C1. The molecule has 2 rings (SSSR count). The monoisotopic (exact) mass is 290 g/mol. The second-order valence-corrected chi connectivity index (χ2v) is 4.89. The number of nitrogens with zero attached hydrogens (tertiary/aromatic N) is 1. The Labute approximate surface area is 114 Å². The first-order chi connectivity index (χ1) is 8.06. The normalized spacial score (nSPS) is 23.9. The number of aromatic nitrogens is 1. The van der Waals surface area contributed by atoms with E-state index in [9.17, 15) is 0 Å². The van der Waals surface area contributed by atoms with E-state index in [0.29, 0.717) is 21.5 Å². The molecule has 0 saturated heterocycles. The van der Waals surface area contributed by atoms with Crippen LogP contribution in [0, 0.1) is 0 Å². The Morgan fingerprint density at radius 3 is 2.71 bits per heavy atom. The summed E-state index contributed by atoms with van der Waals surface area (Å²) in [5, 5.41) is 0.510. The molecule has 1 heterocycles. The van der Waals surface area contributed by atoms with Crippen molar-refractivity contribution in [3.63, 3.8) is 0 Å². The van der Waals surface area contributed by atoms with Crippen molar-refractivity contribution in [2.24, 2.45) is 5.73 Å². The molecule has 0 aromatic carbocycles. The minimum absolute atomic E-state index is 0.425. The van der Waals surface area contributed by atoms with E-state index in [1.165, 1.54) is 6.20 Å². The molecule has 1 aliphatic carbocycles. The van der Waals surface area contributed by atoms with Crippen molar-refractivity contribution in [1.82, 2.24) is 4.98 Å². The highest BCUT2D eigenvalue weighted by Crippen LogP contribution is 2.28. The maximum atomic E-state index is 6.10. The first-order valence-corrected chi connectivity index (χ1v) is 6.01. The standard InChI is InChI=1S/C11H9Cl3N2O/c12-6-1-8(5-16-4-6)17-11-9(13)2-7(15)3-10(11)14/h1-5,9,11H,15H2. The molecule has 1 aromatic rings. The Hall–Kier alpha value is -0.900. The third kappa shape index (κ3) is 3.06. The zero-order valence-electron chi connectivity index (χ0n) is 8.61. The van der Waals surface area contributed by atoms with Gasteiger partial charge in [-0.05, 0) is 12.2 Å². The Morgan fingerprint density at radius 1 is 1.29 bits per heavy atom. The van der Waals surface area contributed by atoms with Crippen LogP contribution in [0.4, 0.5) is 0 Å². The number of ether oxygens (including phenoxy) is 1. The number of rotatable bonds is 2. The van der Waals surface area contributed by atoms with Crippen LogP contribution >= 0.6 is 34.8 Å². The molecule has 1 aromatic heterocycles. The van der Waals surface area contributed by atoms with Gasteiger partial charge in [-0.1, -0.05) is 23.2 Å². The highest BCUT2D eigenvalue weighted by molar-refractivity contribution is 6.32. The van der Waals surface area contributed by atoms with E-state index in [1.807, 2.05) is 0 Å². The van der Waals surface area contributed by atoms with E-state index in [4.69, 9.17) is 45.3 Å². The number of nitrogens with two attached hydrogens (primary N) is 1. The topological polar surface area (TPSA) is 48.1 Å². The van der Waals surface area contributed by atoms with Gasteiger partial charge in [0.15, 0.2) is 6.10 Å². The molecule has 0 spiro atoms. The fourth-order valence-corrected chi connectivity index (χ4v) is 2.30. The summed E-state index contributed by atoms with van der Waals surface area (Å²) < 4.78 is 5.63. The second-order valence-electron chi connectivity index (χ2n) is 3.52. The first-order valence-electron chi connectivity index (χ1n) is 4.82. The van der Waals surface area contributed by atoms with Crippen LogP contribution in [0.2, 0.25) is 5.02 Å². The number of hydrogen-bond donors (Lipinski definition) is 1. The zero-order valence-corrected chi connectivity index (χ0v) is 10.9. The molecular weight excluding hydrogens is 282 g/mol. The van der Waals surface area contributed by atoms with E-state index in [1.54, 1.807) is 24.4 Å². The Morgan fingerprint density at radius 2 is 2.06 bits per heavy atom. The third-order valence-electron chi connectivity index (χ3n) is 2.16. The van der Waals surface area contributed by atoms with Gasteiger partial charge in [0.2, 0.25) is 0 Å². The number of hydrogen-bond acceptors (Lipinski definition) is 3. The molecule has 17 heavy (non-hydrogen) atoms. The molecule has 0 amide bonds. The van der Waals surface area contributed by atoms with Crippen molar-refractivity contribution in [2.45, 2.75) is 11.5 Å². The molecule has 0 fully saturated rings. The predicted molar refractivity (Wildman–Crippen MR) is 69.5 cm³/mol. The quantitative estimate of drug-likeness (QED) is 0.852. The predicted octanol–water partition coefficient (Wildman–Crippen LogP) is 3.07. The van der Waals surface area contributed by atoms with Crippen molar-refractivity contribution < 1.29 is 4.74 Å². The summed E-state index contributed by atoms with van der Waals surface area (Å²) in [5.41, 5.74) is 6.15. The van der Waals surface area contributed by atoms with E-state index in [0.717, 1.165) is 0 Å². The van der Waals surface area contributed by atoms with Crippen molar-refractivity contribution in [3.05, 3.63) is 46.4 Å². The molecule has 90 valence electrons. The highest BCUT2D eigenvalue weighted by atomic mass is 35.5. The number of halogens is 3. The van der Waals surface area contributed by atoms with E-state index < -0.39 is 11.5 Å². The van der Waals surface area contributed by atoms with Gasteiger partial charge in [-0.3, -0.25) is 4.98 Å². The van der Waals surface area contributed by atoms with Gasteiger partial charge in [-0.2, -0.15) is 0 Å². The number of alkyl halides is 1. The van der Waals surface area contributed by atoms with Crippen LogP contribution in [0.25, 0.3) is 0 Å². The zero-order chi connectivity index (χ0) is 12.4. The minimum Gasteiger partial charge on any atom is -0.481 e. The second kappa shape index (κ2) is 5.17.